The van der Waals surface area contributed by atoms with Gasteiger partial charge in [0.05, 0.1) is 0 Å². The summed E-state index contributed by atoms with van der Waals surface area (Å²) in [5.74, 6) is -3.39. The number of nitrogens with two attached hydrogens (primary N) is 1. The Labute approximate surface area is 105 Å². The van der Waals surface area contributed by atoms with E-state index in [0.717, 1.165) is 6.92 Å². The Balaban J connectivity index is 4.58. The first-order valence-electron chi connectivity index (χ1n) is 5.71. The fraction of sp³-hybridized carbons (Fsp3) is 0.600. The molecule has 0 aromatic carbocycles. The maximum atomic E-state index is 11.7. The first-order chi connectivity index (χ1) is 8.66. The number of carboxylic acids is 1. The third kappa shape index (κ3) is 6.46. The lowest BCUT2D eigenvalue weighted by atomic mass is 10.1. The molecule has 8 nitrogen and oxygen atoms in total. The van der Waals surface area contributed by atoms with Gasteiger partial charge in [-0.05, 0) is 13.3 Å². The van der Waals surface area contributed by atoms with Crippen LogP contribution in [0.15, 0.2) is 0 Å². The molecule has 0 spiro atoms. The van der Waals surface area contributed by atoms with Crippen LogP contribution in [0, 0.1) is 0 Å². The van der Waals surface area contributed by atoms with Crippen molar-refractivity contribution in [1.82, 2.24) is 10.6 Å². The van der Waals surface area contributed by atoms with E-state index in [2.05, 4.69) is 5.32 Å². The molecule has 0 unspecified atom stereocenters. The van der Waals surface area contributed by atoms with E-state index in [1.54, 1.807) is 0 Å². The smallest absolute Gasteiger partial charge is 0.303 e. The van der Waals surface area contributed by atoms with E-state index < -0.39 is 35.8 Å². The average Bonchev–Trinajstić information content (AvgIpc) is 2.31. The van der Waals surface area contributed by atoms with Crippen molar-refractivity contribution in [3.05, 3.63) is 0 Å². The van der Waals surface area contributed by atoms with Gasteiger partial charge in [0.1, 0.15) is 12.1 Å². The zero-order valence-electron chi connectivity index (χ0n) is 11.2. The summed E-state index contributed by atoms with van der Waals surface area (Å²) < 4.78 is 7.30. The Hall–Kier alpha value is -2.12. The van der Waals surface area contributed by atoms with Crippen molar-refractivity contribution in [2.75, 3.05) is 0 Å². The number of amides is 3. The average molecular weight is 260 g/mol. The molecule has 0 rings (SSSR count). The molecule has 0 radical (unpaired) electrons. The van der Waals surface area contributed by atoms with E-state index in [0.29, 0.717) is 5.31 Å². The van der Waals surface area contributed by atoms with Gasteiger partial charge in [0.15, 0.2) is 1.41 Å². The summed E-state index contributed by atoms with van der Waals surface area (Å²) in [6.07, 6.45) is -0.485. The number of hydrogen-bond acceptors (Lipinski definition) is 4. The molecule has 8 heteroatoms. The lowest BCUT2D eigenvalue weighted by molar-refractivity contribution is -0.137. The van der Waals surface area contributed by atoms with E-state index in [1.165, 1.54) is 6.92 Å². The topological polar surface area (TPSA) is 139 Å². The Kier molecular flexibility index (Phi) is 5.62. The molecule has 0 aliphatic rings. The van der Waals surface area contributed by atoms with Gasteiger partial charge >= 0.3 is 5.97 Å². The summed E-state index contributed by atoms with van der Waals surface area (Å²) in [6.45, 7) is 2.42. The third-order valence-electron chi connectivity index (χ3n) is 2.06. The number of aliphatic carboxylic acids is 1. The first kappa shape index (κ1) is 13.9. The van der Waals surface area contributed by atoms with E-state index in [4.69, 9.17) is 12.3 Å². The maximum Gasteiger partial charge on any atom is 0.303 e. The minimum Gasteiger partial charge on any atom is -0.481 e. The van der Waals surface area contributed by atoms with Gasteiger partial charge in [-0.1, -0.05) is 0 Å². The van der Waals surface area contributed by atoms with Gasteiger partial charge < -0.3 is 21.5 Å². The summed E-state index contributed by atoms with van der Waals surface area (Å²) in [5, 5.41) is 11.2. The lowest BCUT2D eigenvalue weighted by Crippen LogP contribution is -2.51. The lowest BCUT2D eigenvalue weighted by Gasteiger charge is -2.18. The SMILES string of the molecule is [2H]N(C(C)=O)[C@@H](C)C(=O)N[C@@H](CCC(=O)O)C(N)=O. The first-order valence-corrected chi connectivity index (χ1v) is 5.27. The minimum absolute atomic E-state index is 0.152. The highest BCUT2D eigenvalue weighted by molar-refractivity contribution is 5.91. The van der Waals surface area contributed by atoms with Crippen LogP contribution in [0.5, 0.6) is 0 Å². The molecule has 2 atom stereocenters. The number of carbonyl (C=O) groups excluding carboxylic acids is 3. The van der Waals surface area contributed by atoms with Crippen LogP contribution < -0.4 is 16.4 Å². The Morgan fingerprint density at radius 2 is 1.94 bits per heavy atom. The van der Waals surface area contributed by atoms with Crippen LogP contribution in [-0.2, 0) is 19.2 Å². The highest BCUT2D eigenvalue weighted by Crippen LogP contribution is 1.98. The molecule has 0 saturated carbocycles. The molecule has 0 aliphatic heterocycles. The van der Waals surface area contributed by atoms with Gasteiger partial charge in [0.2, 0.25) is 17.7 Å². The van der Waals surface area contributed by atoms with Gasteiger partial charge in [-0.25, -0.2) is 0 Å². The largest absolute Gasteiger partial charge is 0.481 e. The van der Waals surface area contributed by atoms with E-state index in [9.17, 15) is 19.2 Å². The van der Waals surface area contributed by atoms with Gasteiger partial charge in [-0.3, -0.25) is 19.2 Å². The van der Waals surface area contributed by atoms with E-state index in [1.807, 2.05) is 0 Å². The molecule has 0 aromatic heterocycles. The Bertz CT molecular complexity index is 387. The summed E-state index contributed by atoms with van der Waals surface area (Å²) in [5.41, 5.74) is 5.03. The fourth-order valence-corrected chi connectivity index (χ4v) is 1.18. The molecular weight excluding hydrogens is 242 g/mol. The van der Waals surface area contributed by atoms with Crippen LogP contribution in [0.3, 0.4) is 0 Å². The van der Waals surface area contributed by atoms with Crippen molar-refractivity contribution >= 4 is 23.7 Å². The molecule has 3 amide bonds. The number of nitrogens with one attached hydrogen (secondary N) is 2. The van der Waals surface area contributed by atoms with Crippen molar-refractivity contribution in [2.24, 2.45) is 5.73 Å². The van der Waals surface area contributed by atoms with Crippen LogP contribution >= 0.6 is 0 Å². The standard InChI is InChI=1S/C10H17N3O5/c1-5(12-6(2)14)10(18)13-7(9(11)17)3-4-8(15)16/h5,7H,3-4H2,1-2H3,(H2,11,17)(H,12,14)(H,13,18)(H,15,16)/t5-,7-/m0/s1/i/hD. The van der Waals surface area contributed by atoms with Crippen molar-refractivity contribution in [1.29, 1.82) is 0 Å². The van der Waals surface area contributed by atoms with Crippen LogP contribution in [0.2, 0.25) is 1.41 Å². The van der Waals surface area contributed by atoms with Gasteiger partial charge in [0.25, 0.3) is 0 Å². The highest BCUT2D eigenvalue weighted by atomic mass is 16.4. The van der Waals surface area contributed by atoms with Crippen molar-refractivity contribution in [3.63, 3.8) is 0 Å². The van der Waals surface area contributed by atoms with Crippen LogP contribution in [-0.4, -0.2) is 40.9 Å². The van der Waals surface area contributed by atoms with Gasteiger partial charge in [-0.15, -0.1) is 0 Å². The second-order valence-corrected chi connectivity index (χ2v) is 3.72. The fourth-order valence-electron chi connectivity index (χ4n) is 1.18. The zero-order valence-corrected chi connectivity index (χ0v) is 10.2. The molecule has 0 aromatic rings. The molecule has 0 saturated heterocycles. The summed E-state index contributed by atoms with van der Waals surface area (Å²) >= 11 is 0. The number of carbonyl (C=O) groups is 4. The number of rotatable bonds is 7. The van der Waals surface area contributed by atoms with Crippen molar-refractivity contribution in [2.45, 2.75) is 38.8 Å². The number of carboxylic acid groups (broad SMARTS) is 1. The normalized spacial score (nSPS) is 14.0. The molecule has 0 aliphatic carbocycles. The Morgan fingerprint density at radius 1 is 1.39 bits per heavy atom. The van der Waals surface area contributed by atoms with Gasteiger partial charge in [0, 0.05) is 13.3 Å². The van der Waals surface area contributed by atoms with Crippen LogP contribution in [0.1, 0.15) is 26.7 Å². The third-order valence-corrected chi connectivity index (χ3v) is 2.06. The van der Waals surface area contributed by atoms with Crippen LogP contribution in [0.4, 0.5) is 0 Å². The number of hydrogen-bond donors (Lipinski definition) is 4. The second kappa shape index (κ2) is 7.25. The van der Waals surface area contributed by atoms with E-state index in [-0.39, 0.29) is 12.8 Å². The van der Waals surface area contributed by atoms with Crippen molar-refractivity contribution < 1.29 is 25.7 Å². The monoisotopic (exact) mass is 260 g/mol. The summed E-state index contributed by atoms with van der Waals surface area (Å²) in [4.78, 5) is 44.0. The van der Waals surface area contributed by atoms with E-state index >= 15 is 0 Å². The quantitative estimate of drug-likeness (QED) is 0.434. The molecule has 5 N–H and O–H groups in total. The predicted molar refractivity (Wildman–Crippen MR) is 61.3 cm³/mol. The minimum atomic E-state index is -1.15. The molecule has 0 fully saturated rings. The molecule has 0 bridgehead atoms. The van der Waals surface area contributed by atoms with Crippen LogP contribution in [0.25, 0.3) is 0 Å². The molecular formula is C10H17N3O5. The molecule has 18 heavy (non-hydrogen) atoms. The van der Waals surface area contributed by atoms with Gasteiger partial charge in [-0.2, -0.15) is 0 Å². The molecule has 0 heterocycles. The predicted octanol–water partition coefficient (Wildman–Crippen LogP) is -1.65. The summed E-state index contributed by atoms with van der Waals surface area (Å²) in [6, 6.07) is -2.25. The molecule has 102 valence electrons. The van der Waals surface area contributed by atoms with Crippen molar-refractivity contribution in [3.8, 4) is 0 Å². The second-order valence-electron chi connectivity index (χ2n) is 3.72. The highest BCUT2D eigenvalue weighted by Gasteiger charge is 2.22. The Morgan fingerprint density at radius 3 is 2.33 bits per heavy atom. The zero-order chi connectivity index (χ0) is 15.2. The summed E-state index contributed by atoms with van der Waals surface area (Å²) in [7, 11) is 0. The number of primary amides is 1. The maximum absolute atomic E-state index is 11.7.